The summed E-state index contributed by atoms with van der Waals surface area (Å²) in [6, 6.07) is 14.9. The van der Waals surface area contributed by atoms with Crippen molar-refractivity contribution in [2.75, 3.05) is 20.1 Å². The van der Waals surface area contributed by atoms with E-state index in [4.69, 9.17) is 0 Å². The maximum Gasteiger partial charge on any atom is 0.251 e. The fraction of sp³-hybridized carbons (Fsp3) is 0.278. The van der Waals surface area contributed by atoms with Crippen molar-refractivity contribution in [3.8, 4) is 11.1 Å². The summed E-state index contributed by atoms with van der Waals surface area (Å²) in [7, 11) is 2.15. The third-order valence-electron chi connectivity index (χ3n) is 4.57. The fourth-order valence-electron chi connectivity index (χ4n) is 3.25. The topological polar surface area (TPSA) is 32.3 Å². The van der Waals surface area contributed by atoms with Crippen LogP contribution in [0, 0.1) is 0 Å². The van der Waals surface area contributed by atoms with Crippen LogP contribution in [-0.2, 0) is 6.54 Å². The van der Waals surface area contributed by atoms with Crippen LogP contribution in [0.15, 0.2) is 42.5 Å². The maximum absolute atomic E-state index is 11.8. The Balaban J connectivity index is 1.62. The van der Waals surface area contributed by atoms with E-state index in [1.165, 1.54) is 11.1 Å². The normalized spacial score (nSPS) is 18.2. The van der Waals surface area contributed by atoms with Crippen LogP contribution in [-0.4, -0.2) is 30.9 Å². The first-order chi connectivity index (χ1) is 10.2. The van der Waals surface area contributed by atoms with Gasteiger partial charge in [-0.3, -0.25) is 4.79 Å². The number of rotatable bonds is 2. The second-order valence-electron chi connectivity index (χ2n) is 6.09. The molecule has 1 fully saturated rings. The molecule has 0 saturated carbocycles. The van der Waals surface area contributed by atoms with Gasteiger partial charge >= 0.3 is 0 Å². The van der Waals surface area contributed by atoms with Crippen molar-refractivity contribution >= 4 is 5.91 Å². The van der Waals surface area contributed by atoms with E-state index in [9.17, 15) is 4.79 Å². The van der Waals surface area contributed by atoms with Gasteiger partial charge in [-0.05, 0) is 35.4 Å². The molecule has 1 saturated heterocycles. The van der Waals surface area contributed by atoms with Crippen LogP contribution in [0.3, 0.4) is 0 Å². The Hall–Kier alpha value is -2.13. The summed E-state index contributed by atoms with van der Waals surface area (Å²) < 4.78 is 0. The molecular weight excluding hydrogens is 260 g/mol. The molecule has 2 aliphatic heterocycles. The van der Waals surface area contributed by atoms with Gasteiger partial charge in [0.15, 0.2) is 0 Å². The number of carbonyl (C=O) groups is 1. The Labute approximate surface area is 124 Å². The third-order valence-corrected chi connectivity index (χ3v) is 4.57. The van der Waals surface area contributed by atoms with Gasteiger partial charge in [0.2, 0.25) is 0 Å². The lowest BCUT2D eigenvalue weighted by Gasteiger charge is -2.36. The van der Waals surface area contributed by atoms with Crippen LogP contribution >= 0.6 is 0 Å². The van der Waals surface area contributed by atoms with Crippen molar-refractivity contribution in [2.45, 2.75) is 12.5 Å². The summed E-state index contributed by atoms with van der Waals surface area (Å²) in [6.45, 7) is 2.96. The molecule has 2 aromatic carbocycles. The summed E-state index contributed by atoms with van der Waals surface area (Å²) in [5, 5.41) is 2.86. The van der Waals surface area contributed by atoms with E-state index >= 15 is 0 Å². The minimum absolute atomic E-state index is 0.0426. The summed E-state index contributed by atoms with van der Waals surface area (Å²) in [4.78, 5) is 14.1. The molecule has 1 N–H and O–H groups in total. The number of fused-ring (bicyclic) bond motifs is 1. The molecule has 21 heavy (non-hydrogen) atoms. The van der Waals surface area contributed by atoms with Gasteiger partial charge in [0, 0.05) is 31.1 Å². The van der Waals surface area contributed by atoms with Gasteiger partial charge in [0.05, 0.1) is 0 Å². The molecular formula is C18H18N2O. The van der Waals surface area contributed by atoms with Crippen LogP contribution in [0.5, 0.6) is 0 Å². The number of nitrogens with one attached hydrogen (secondary N) is 1. The van der Waals surface area contributed by atoms with Crippen molar-refractivity contribution in [1.29, 1.82) is 0 Å². The predicted octanol–water partition coefficient (Wildman–Crippen LogP) is 2.63. The van der Waals surface area contributed by atoms with Crippen LogP contribution < -0.4 is 5.32 Å². The van der Waals surface area contributed by atoms with E-state index in [0.717, 1.165) is 29.8 Å². The number of likely N-dealkylation sites (tertiary alicyclic amines) is 1. The largest absolute Gasteiger partial charge is 0.348 e. The molecule has 2 heterocycles. The van der Waals surface area contributed by atoms with Crippen molar-refractivity contribution in [3.63, 3.8) is 0 Å². The Bertz CT molecular complexity index is 700. The molecule has 0 unspecified atom stereocenters. The molecule has 106 valence electrons. The lowest BCUT2D eigenvalue weighted by molar-refractivity contribution is 0.0966. The second-order valence-corrected chi connectivity index (χ2v) is 6.09. The van der Waals surface area contributed by atoms with E-state index in [2.05, 4.69) is 53.7 Å². The van der Waals surface area contributed by atoms with Crippen molar-refractivity contribution < 1.29 is 4.79 Å². The van der Waals surface area contributed by atoms with E-state index in [0.29, 0.717) is 12.5 Å². The Kier molecular flexibility index (Phi) is 2.82. The highest BCUT2D eigenvalue weighted by Crippen LogP contribution is 2.29. The Morgan fingerprint density at radius 1 is 1.05 bits per heavy atom. The molecule has 3 heteroatoms. The quantitative estimate of drug-likeness (QED) is 0.916. The minimum atomic E-state index is 0.0426. The molecule has 0 atom stereocenters. The summed E-state index contributed by atoms with van der Waals surface area (Å²) in [5.74, 6) is 0.718. The molecule has 0 bridgehead atoms. The zero-order valence-corrected chi connectivity index (χ0v) is 12.1. The van der Waals surface area contributed by atoms with E-state index in [-0.39, 0.29) is 5.91 Å². The minimum Gasteiger partial charge on any atom is -0.348 e. The van der Waals surface area contributed by atoms with E-state index in [1.54, 1.807) is 0 Å². The zero-order chi connectivity index (χ0) is 14.4. The standard InChI is InChI=1S/C18H18N2O/c1-20-10-16(11-20)13-4-2-12(3-5-13)14-6-7-15-9-19-18(21)17(15)8-14/h2-8,16H,9-11H2,1H3,(H,19,21). The highest BCUT2D eigenvalue weighted by atomic mass is 16.1. The molecule has 2 aromatic rings. The molecule has 0 spiro atoms. The smallest absolute Gasteiger partial charge is 0.251 e. The molecule has 0 aliphatic carbocycles. The van der Waals surface area contributed by atoms with Crippen LogP contribution in [0.1, 0.15) is 27.4 Å². The van der Waals surface area contributed by atoms with E-state index < -0.39 is 0 Å². The average Bonchev–Trinajstić information content (AvgIpc) is 2.85. The number of benzene rings is 2. The summed E-state index contributed by atoms with van der Waals surface area (Å²) >= 11 is 0. The molecule has 0 radical (unpaired) electrons. The number of amides is 1. The van der Waals surface area contributed by atoms with Gasteiger partial charge in [-0.25, -0.2) is 0 Å². The van der Waals surface area contributed by atoms with Gasteiger partial charge in [0.1, 0.15) is 0 Å². The first-order valence-corrected chi connectivity index (χ1v) is 7.41. The third kappa shape index (κ3) is 2.14. The first-order valence-electron chi connectivity index (χ1n) is 7.41. The molecule has 1 amide bonds. The zero-order valence-electron chi connectivity index (χ0n) is 12.1. The number of carbonyl (C=O) groups excluding carboxylic acids is 1. The predicted molar refractivity (Wildman–Crippen MR) is 83.3 cm³/mol. The van der Waals surface area contributed by atoms with Gasteiger partial charge < -0.3 is 10.2 Å². The monoisotopic (exact) mass is 278 g/mol. The van der Waals surface area contributed by atoms with Crippen LogP contribution in [0.4, 0.5) is 0 Å². The number of hydrogen-bond acceptors (Lipinski definition) is 2. The molecule has 4 rings (SSSR count). The number of hydrogen-bond donors (Lipinski definition) is 1. The van der Waals surface area contributed by atoms with Gasteiger partial charge in [-0.1, -0.05) is 36.4 Å². The van der Waals surface area contributed by atoms with Gasteiger partial charge in [0.25, 0.3) is 5.91 Å². The summed E-state index contributed by atoms with van der Waals surface area (Å²) in [5.41, 5.74) is 5.61. The van der Waals surface area contributed by atoms with Crippen LogP contribution in [0.25, 0.3) is 11.1 Å². The van der Waals surface area contributed by atoms with Gasteiger partial charge in [-0.15, -0.1) is 0 Å². The lowest BCUT2D eigenvalue weighted by Crippen LogP contribution is -2.41. The molecule has 0 aromatic heterocycles. The average molecular weight is 278 g/mol. The van der Waals surface area contributed by atoms with Gasteiger partial charge in [-0.2, -0.15) is 0 Å². The maximum atomic E-state index is 11.8. The first kappa shape index (κ1) is 12.6. The second kappa shape index (κ2) is 4.71. The van der Waals surface area contributed by atoms with E-state index in [1.807, 2.05) is 6.07 Å². The number of nitrogens with zero attached hydrogens (tertiary/aromatic N) is 1. The van der Waals surface area contributed by atoms with Crippen molar-refractivity contribution in [2.24, 2.45) is 0 Å². The summed E-state index contributed by atoms with van der Waals surface area (Å²) in [6.07, 6.45) is 0. The van der Waals surface area contributed by atoms with Crippen molar-refractivity contribution in [1.82, 2.24) is 10.2 Å². The highest BCUT2D eigenvalue weighted by molar-refractivity contribution is 5.99. The fourth-order valence-corrected chi connectivity index (χ4v) is 3.25. The molecule has 2 aliphatic rings. The molecule has 3 nitrogen and oxygen atoms in total. The SMILES string of the molecule is CN1CC(c2ccc(-c3ccc4c(c3)C(=O)NC4)cc2)C1. The number of likely N-dealkylation sites (N-methyl/N-ethyl adjacent to an activating group) is 1. The Morgan fingerprint density at radius 2 is 1.76 bits per heavy atom. The van der Waals surface area contributed by atoms with Crippen molar-refractivity contribution in [3.05, 3.63) is 59.2 Å². The lowest BCUT2D eigenvalue weighted by atomic mass is 9.90. The highest BCUT2D eigenvalue weighted by Gasteiger charge is 2.24. The van der Waals surface area contributed by atoms with Crippen LogP contribution in [0.2, 0.25) is 0 Å². The Morgan fingerprint density at radius 3 is 2.48 bits per heavy atom.